The first-order valence-electron chi connectivity index (χ1n) is 8.95. The molecule has 1 N–H and O–H groups in total. The highest BCUT2D eigenvalue weighted by atomic mass is 16.2. The smallest absolute Gasteiger partial charge is 0.240 e. The van der Waals surface area contributed by atoms with Crippen molar-refractivity contribution in [1.29, 1.82) is 0 Å². The van der Waals surface area contributed by atoms with Gasteiger partial charge in [0, 0.05) is 17.5 Å². The van der Waals surface area contributed by atoms with Crippen LogP contribution in [0.3, 0.4) is 0 Å². The maximum atomic E-state index is 11.8. The summed E-state index contributed by atoms with van der Waals surface area (Å²) in [5, 5.41) is 4.51. The molecule has 21 heavy (non-hydrogen) atoms. The second kappa shape index (κ2) is 6.10. The van der Waals surface area contributed by atoms with Crippen LogP contribution in [0.5, 0.6) is 0 Å². The standard InChI is InChI=1S/C18H30N2O/c1-3-4-5-6-17(21)20-19-13(2)18-10-14-7-15(11-18)9-16(8-14)12-18/h14-16H,3-12H2,1-2H3,(H,20,21)/b19-13-. The number of carbonyl (C=O) groups is 1. The van der Waals surface area contributed by atoms with Crippen LogP contribution in [0.4, 0.5) is 0 Å². The lowest BCUT2D eigenvalue weighted by Gasteiger charge is -2.56. The van der Waals surface area contributed by atoms with Crippen molar-refractivity contribution in [1.82, 2.24) is 5.43 Å². The summed E-state index contributed by atoms with van der Waals surface area (Å²) in [6, 6.07) is 0. The lowest BCUT2D eigenvalue weighted by Crippen LogP contribution is -2.49. The molecule has 118 valence electrons. The Morgan fingerprint density at radius 3 is 2.19 bits per heavy atom. The van der Waals surface area contributed by atoms with Gasteiger partial charge in [0.05, 0.1) is 0 Å². The molecule has 3 nitrogen and oxygen atoms in total. The number of carbonyl (C=O) groups excluding carboxylic acids is 1. The Hall–Kier alpha value is -0.860. The molecule has 3 heteroatoms. The van der Waals surface area contributed by atoms with Crippen LogP contribution in [-0.4, -0.2) is 11.6 Å². The van der Waals surface area contributed by atoms with Crippen LogP contribution >= 0.6 is 0 Å². The summed E-state index contributed by atoms with van der Waals surface area (Å²) in [5.41, 5.74) is 4.34. The molecular weight excluding hydrogens is 260 g/mol. The molecule has 0 heterocycles. The van der Waals surface area contributed by atoms with E-state index in [0.717, 1.165) is 37.0 Å². The molecule has 0 aromatic rings. The molecule has 0 aliphatic heterocycles. The number of hydrogen-bond acceptors (Lipinski definition) is 2. The van der Waals surface area contributed by atoms with Gasteiger partial charge < -0.3 is 0 Å². The van der Waals surface area contributed by atoms with Gasteiger partial charge in [0.1, 0.15) is 0 Å². The minimum Gasteiger partial charge on any atom is -0.273 e. The zero-order chi connectivity index (χ0) is 14.9. The zero-order valence-corrected chi connectivity index (χ0v) is 13.7. The summed E-state index contributed by atoms with van der Waals surface area (Å²) in [6.45, 7) is 4.31. The quantitative estimate of drug-likeness (QED) is 0.443. The van der Waals surface area contributed by atoms with Crippen molar-refractivity contribution in [3.63, 3.8) is 0 Å². The molecule has 4 aliphatic rings. The second-order valence-corrected chi connectivity index (χ2v) is 7.89. The van der Waals surface area contributed by atoms with Crippen LogP contribution in [-0.2, 0) is 4.79 Å². The predicted octanol–water partition coefficient (Wildman–Crippen LogP) is 4.28. The number of hydrogen-bond donors (Lipinski definition) is 1. The SMILES string of the molecule is CCCCCC(=O)N/N=C(/C)C12CC3CC(CC(C3)C1)C2. The number of hydrazone groups is 1. The Morgan fingerprint density at radius 2 is 1.67 bits per heavy atom. The lowest BCUT2D eigenvalue weighted by atomic mass is 9.48. The fourth-order valence-corrected chi connectivity index (χ4v) is 5.41. The zero-order valence-electron chi connectivity index (χ0n) is 13.7. The molecule has 4 saturated carbocycles. The van der Waals surface area contributed by atoms with E-state index in [1.165, 1.54) is 44.2 Å². The molecule has 0 radical (unpaired) electrons. The lowest BCUT2D eigenvalue weighted by molar-refractivity contribution is -0.121. The molecule has 0 unspecified atom stereocenters. The van der Waals surface area contributed by atoms with Crippen LogP contribution in [0.2, 0.25) is 0 Å². The van der Waals surface area contributed by atoms with E-state index in [4.69, 9.17) is 0 Å². The summed E-state index contributed by atoms with van der Waals surface area (Å²) in [4.78, 5) is 11.8. The van der Waals surface area contributed by atoms with Gasteiger partial charge in [-0.1, -0.05) is 19.8 Å². The highest BCUT2D eigenvalue weighted by Gasteiger charge is 2.52. The van der Waals surface area contributed by atoms with Gasteiger partial charge in [-0.25, -0.2) is 5.43 Å². The van der Waals surface area contributed by atoms with Crippen molar-refractivity contribution < 1.29 is 4.79 Å². The summed E-state index contributed by atoms with van der Waals surface area (Å²) in [6.07, 6.45) is 12.2. The van der Waals surface area contributed by atoms with Crippen molar-refractivity contribution in [3.05, 3.63) is 0 Å². The monoisotopic (exact) mass is 290 g/mol. The van der Waals surface area contributed by atoms with Gasteiger partial charge in [-0.3, -0.25) is 4.79 Å². The first kappa shape index (κ1) is 15.1. The third kappa shape index (κ3) is 3.17. The first-order valence-corrected chi connectivity index (χ1v) is 8.95. The van der Waals surface area contributed by atoms with Crippen molar-refractivity contribution >= 4 is 11.6 Å². The van der Waals surface area contributed by atoms with E-state index < -0.39 is 0 Å². The van der Waals surface area contributed by atoms with Crippen molar-refractivity contribution in [2.24, 2.45) is 28.3 Å². The minimum atomic E-state index is 0.0903. The van der Waals surface area contributed by atoms with Gasteiger partial charge in [0.15, 0.2) is 0 Å². The third-order valence-corrected chi connectivity index (χ3v) is 6.16. The molecule has 4 bridgehead atoms. The summed E-state index contributed by atoms with van der Waals surface area (Å²) < 4.78 is 0. The molecule has 1 amide bonds. The van der Waals surface area contributed by atoms with E-state index in [1.54, 1.807) is 0 Å². The topological polar surface area (TPSA) is 41.5 Å². The second-order valence-electron chi connectivity index (χ2n) is 7.89. The normalized spacial score (nSPS) is 37.8. The molecule has 4 rings (SSSR count). The Kier molecular flexibility index (Phi) is 4.37. The summed E-state index contributed by atoms with van der Waals surface area (Å²) in [7, 11) is 0. The van der Waals surface area contributed by atoms with E-state index >= 15 is 0 Å². The maximum absolute atomic E-state index is 11.8. The van der Waals surface area contributed by atoms with Gasteiger partial charge in [-0.05, 0) is 69.6 Å². The van der Waals surface area contributed by atoms with Crippen LogP contribution in [0, 0.1) is 23.2 Å². The molecular formula is C18H30N2O. The fourth-order valence-electron chi connectivity index (χ4n) is 5.41. The molecule has 0 aromatic carbocycles. The highest BCUT2D eigenvalue weighted by molar-refractivity contribution is 5.89. The number of nitrogens with one attached hydrogen (secondary N) is 1. The number of unbranched alkanes of at least 4 members (excludes halogenated alkanes) is 2. The molecule has 0 atom stereocenters. The van der Waals surface area contributed by atoms with Gasteiger partial charge in [0.2, 0.25) is 5.91 Å². The van der Waals surface area contributed by atoms with Crippen LogP contribution in [0.15, 0.2) is 5.10 Å². The highest BCUT2D eigenvalue weighted by Crippen LogP contribution is 2.60. The van der Waals surface area contributed by atoms with Crippen LogP contribution in [0.1, 0.15) is 78.1 Å². The molecule has 4 aliphatic carbocycles. The van der Waals surface area contributed by atoms with E-state index in [2.05, 4.69) is 24.4 Å². The van der Waals surface area contributed by atoms with E-state index in [0.29, 0.717) is 11.8 Å². The molecule has 0 saturated heterocycles. The summed E-state index contributed by atoms with van der Waals surface area (Å²) >= 11 is 0. The third-order valence-electron chi connectivity index (χ3n) is 6.16. The van der Waals surface area contributed by atoms with E-state index in [1.807, 2.05) is 0 Å². The van der Waals surface area contributed by atoms with Crippen molar-refractivity contribution in [2.75, 3.05) is 0 Å². The van der Waals surface area contributed by atoms with Crippen LogP contribution < -0.4 is 5.43 Å². The minimum absolute atomic E-state index is 0.0903. The molecule has 0 spiro atoms. The predicted molar refractivity (Wildman–Crippen MR) is 86.0 cm³/mol. The van der Waals surface area contributed by atoms with Gasteiger partial charge in [0.25, 0.3) is 0 Å². The van der Waals surface area contributed by atoms with Gasteiger partial charge in [-0.15, -0.1) is 0 Å². The average Bonchev–Trinajstić information content (AvgIpc) is 2.43. The van der Waals surface area contributed by atoms with E-state index in [-0.39, 0.29) is 5.91 Å². The Morgan fingerprint density at radius 1 is 1.10 bits per heavy atom. The van der Waals surface area contributed by atoms with Crippen molar-refractivity contribution in [2.45, 2.75) is 78.1 Å². The van der Waals surface area contributed by atoms with E-state index in [9.17, 15) is 4.79 Å². The maximum Gasteiger partial charge on any atom is 0.240 e. The van der Waals surface area contributed by atoms with Crippen molar-refractivity contribution in [3.8, 4) is 0 Å². The largest absolute Gasteiger partial charge is 0.273 e. The van der Waals surface area contributed by atoms with Gasteiger partial charge >= 0.3 is 0 Å². The van der Waals surface area contributed by atoms with Crippen LogP contribution in [0.25, 0.3) is 0 Å². The number of amides is 1. The Labute approximate surface area is 129 Å². The fraction of sp³-hybridized carbons (Fsp3) is 0.889. The number of rotatable bonds is 6. The van der Waals surface area contributed by atoms with Gasteiger partial charge in [-0.2, -0.15) is 5.10 Å². The molecule has 4 fully saturated rings. The first-order chi connectivity index (χ1) is 10.1. The Balaban J connectivity index is 1.58. The Bertz CT molecular complexity index is 392. The number of nitrogens with zero attached hydrogens (tertiary/aromatic N) is 1. The average molecular weight is 290 g/mol. The molecule has 0 aromatic heterocycles. The summed E-state index contributed by atoms with van der Waals surface area (Å²) in [5.74, 6) is 2.89.